The van der Waals surface area contributed by atoms with E-state index in [1.54, 1.807) is 13.8 Å². The first-order chi connectivity index (χ1) is 70.1. The highest BCUT2D eigenvalue weighted by molar-refractivity contribution is 8.00. The lowest BCUT2D eigenvalue weighted by atomic mass is 9.80. The third-order valence-corrected chi connectivity index (χ3v) is 26.3. The number of urea groups is 1. The third-order valence-electron chi connectivity index (χ3n) is 24.7. The molecule has 48 nitrogen and oxygen atoms in total. The Morgan fingerprint density at radius 3 is 1.50 bits per heavy atom. The lowest BCUT2D eigenvalue weighted by molar-refractivity contribution is -0.139. The van der Waals surface area contributed by atoms with Gasteiger partial charge in [0.25, 0.3) is 0 Å². The number of phenols is 1. The van der Waals surface area contributed by atoms with Crippen molar-refractivity contribution in [3.8, 4) is 5.75 Å². The van der Waals surface area contributed by atoms with E-state index in [-0.39, 0.29) is 138 Å². The van der Waals surface area contributed by atoms with E-state index in [9.17, 15) is 107 Å². The number of aromatic nitrogens is 2. The van der Waals surface area contributed by atoms with Gasteiger partial charge in [0.05, 0.1) is 95.8 Å². The largest absolute Gasteiger partial charge is 0.508 e. The Balaban J connectivity index is 1.11. The second-order valence-electron chi connectivity index (χ2n) is 37.4. The number of H-pyrrole nitrogens is 1. The van der Waals surface area contributed by atoms with Gasteiger partial charge in [0.15, 0.2) is 0 Å². The summed E-state index contributed by atoms with van der Waals surface area (Å²) in [7, 11) is 0. The summed E-state index contributed by atoms with van der Waals surface area (Å²) in [5, 5.41) is 94.3. The van der Waals surface area contributed by atoms with Gasteiger partial charge in [0.2, 0.25) is 94.5 Å². The minimum atomic E-state index is -1.89. The monoisotopic (exact) mass is 2090 g/mol. The van der Waals surface area contributed by atoms with Crippen LogP contribution in [0.25, 0.3) is 0 Å². The van der Waals surface area contributed by atoms with E-state index < -0.39 is 236 Å². The highest BCUT2D eigenvalue weighted by Crippen LogP contribution is 2.34. The first-order valence-electron chi connectivity index (χ1n) is 50.3. The number of phenolic OH excluding ortho intramolecular Hbond substituents is 1. The van der Waals surface area contributed by atoms with Gasteiger partial charge in [-0.1, -0.05) is 103 Å². The van der Waals surface area contributed by atoms with E-state index in [4.69, 9.17) is 36.1 Å². The van der Waals surface area contributed by atoms with Gasteiger partial charge < -0.3 is 152 Å². The highest BCUT2D eigenvalue weighted by Gasteiger charge is 2.44. The van der Waals surface area contributed by atoms with Crippen LogP contribution in [0.15, 0.2) is 61.1 Å². The molecule has 18 amide bonds. The molecule has 2 saturated heterocycles. The maximum absolute atomic E-state index is 15.2. The molecule has 50 heteroatoms. The maximum atomic E-state index is 15.2. The zero-order chi connectivity index (χ0) is 108. The van der Waals surface area contributed by atoms with Crippen molar-refractivity contribution < 1.29 is 135 Å². The van der Waals surface area contributed by atoms with Crippen LogP contribution in [0.5, 0.6) is 5.75 Å². The number of hydrogen-bond donors (Lipinski definition) is 25. The second-order valence-corrected chi connectivity index (χ2v) is 38.7. The van der Waals surface area contributed by atoms with E-state index in [1.165, 1.54) is 55.8 Å². The maximum Gasteiger partial charge on any atom is 0.315 e. The number of primary amides is 2. The van der Waals surface area contributed by atoms with Crippen LogP contribution < -0.4 is 102 Å². The van der Waals surface area contributed by atoms with Crippen molar-refractivity contribution in [3.05, 3.63) is 83.7 Å². The molecule has 3 heterocycles. The summed E-state index contributed by atoms with van der Waals surface area (Å²) in [5.41, 5.74) is 17.3. The predicted molar refractivity (Wildman–Crippen MR) is 532 cm³/mol. The number of rotatable bonds is 75. The zero-order valence-electron chi connectivity index (χ0n) is 84.4. The number of fused-ring (bicyclic) bond motifs is 1. The average Bonchev–Trinajstić information content (AvgIpc) is 1.66. The summed E-state index contributed by atoms with van der Waals surface area (Å²) < 4.78 is 36.8. The Hall–Kier alpha value is -12.3. The standard InChI is InChI=1S/C97H152FN21O27S/c1-7-8-9-10-11-20-66(86(131)105-56(4)85(130)108-67(31-33-77(100)124)87(132)111-72(47-59-17-16-18-59)93(138)118-82(58(6)122)96(141)115-74(52-120)94(139)107-65(84(101)129)19-14-15-36-99)109-89(134)70(49-61-25-29-64(123)30-26-61)112-91(136)73(50-63-51-102-54-104-63)113-88(133)68(32-34-80(127)128)110-90(135)71(48-60-23-27-62(98)28-24-60)114-95(140)81(57(5)121)117-92(137)69(46-55(2)3)106-79(126)35-38-143-40-42-145-44-45-146-43-41-144-39-37-103-78(125)22-13-12-21-76-83-75(53-147-76)116-97(142)119-83/h23-30,51,54-59,65-76,81-83,120-123H,7-22,31-50,52-53,99H2,1-6H3,(H2,100,124)(H2,101,129)(H,102,104)(H,103,125)(H,105,131)(H,106,126)(H,107,139)(H,108,130)(H,109,134)(H,110,135)(H,111,132)(H,112,136)(H,113,133)(H,114,140)(H,115,141)(H,117,137)(H,118,138)(H,127,128)(H2,116,119,142)/t56-,57+,58+,65-,66-,67-,68-,69-,70-,71-,72-,73-,74-,75-,76-,81-,82-,83-/m0/s1. The number of nitrogens with one attached hydrogen (secondary N) is 17. The molecule has 1 saturated carbocycles. The second kappa shape index (κ2) is 66.8. The molecule has 3 fully saturated rings. The number of carbonyl (C=O) groups is 18. The van der Waals surface area contributed by atoms with Crippen molar-refractivity contribution in [2.45, 2.75) is 317 Å². The fourth-order valence-corrected chi connectivity index (χ4v) is 17.8. The molecular weight excluding hydrogens is 1940 g/mol. The number of carboxylic acids is 1. The summed E-state index contributed by atoms with van der Waals surface area (Å²) in [4.78, 5) is 255. The molecule has 2 aromatic carbocycles. The number of aliphatic hydroxyl groups is 3. The molecule has 28 N–H and O–H groups in total. The normalized spacial score (nSPS) is 17.3. The predicted octanol–water partition coefficient (Wildman–Crippen LogP) is -3.00. The van der Waals surface area contributed by atoms with Gasteiger partial charge in [0.1, 0.15) is 90.1 Å². The van der Waals surface area contributed by atoms with Crippen LogP contribution in [0, 0.1) is 17.7 Å². The smallest absolute Gasteiger partial charge is 0.315 e. The molecule has 0 unspecified atom stereocenters. The molecule has 1 aromatic heterocycles. The molecule has 820 valence electrons. The molecule has 0 spiro atoms. The number of carbonyl (C=O) groups excluding carboxylic acids is 17. The fraction of sp³-hybridized carbons (Fsp3) is 0.660. The number of benzene rings is 2. The van der Waals surface area contributed by atoms with Gasteiger partial charge in [-0.3, -0.25) is 81.5 Å². The van der Waals surface area contributed by atoms with Crippen LogP contribution in [-0.4, -0.2) is 328 Å². The number of carboxylic acid groups (broad SMARTS) is 1. The summed E-state index contributed by atoms with van der Waals surface area (Å²) in [6.07, 6.45) is 4.11. The number of aliphatic carboxylic acids is 1. The number of aromatic hydroxyl groups is 1. The van der Waals surface area contributed by atoms with Crippen LogP contribution in [0.3, 0.4) is 0 Å². The van der Waals surface area contributed by atoms with Crippen molar-refractivity contribution in [3.63, 3.8) is 0 Å². The lowest BCUT2D eigenvalue weighted by Crippen LogP contribution is -2.62. The van der Waals surface area contributed by atoms with Crippen molar-refractivity contribution in [2.75, 3.05) is 78.3 Å². The molecule has 0 bridgehead atoms. The Labute approximate surface area is 857 Å². The molecule has 1 aliphatic carbocycles. The van der Waals surface area contributed by atoms with Gasteiger partial charge in [-0.2, -0.15) is 11.8 Å². The highest BCUT2D eigenvalue weighted by atomic mass is 32.2. The first kappa shape index (κ1) is 123. The Morgan fingerprint density at radius 2 is 0.966 bits per heavy atom. The zero-order valence-corrected chi connectivity index (χ0v) is 85.2. The topological polar surface area (TPSA) is 745 Å². The number of nitrogens with two attached hydrogens (primary N) is 3. The van der Waals surface area contributed by atoms with E-state index in [1.807, 2.05) is 18.7 Å². The van der Waals surface area contributed by atoms with Crippen LogP contribution in [0.2, 0.25) is 0 Å². The number of thioether (sulfide) groups is 1. The Bertz CT molecular complexity index is 4700. The van der Waals surface area contributed by atoms with E-state index in [0.717, 1.165) is 70.3 Å². The SMILES string of the molecule is CCCCCCC[C@H](NC(=O)[C@H](Cc1ccc(O)cc1)NC(=O)[C@H](Cc1c[nH]cn1)NC(=O)[C@H](CCC(=O)O)NC(=O)[C@H](Cc1ccc(F)cc1)NC(=O)[C@@H](NC(=O)[C@H](CC(C)C)NC(=O)CCOCCOCCOCCOCCNC(=O)CCCC[C@@H]1SC[C@@H]2NC(=O)N[C@@H]21)[C@@H](C)O)C(=O)N[C@@H](C)C(=O)N[C@@H](CCC(N)=O)C(=O)N[C@@H](CC1CCC1)C(=O)N[C@H](C(=O)N[C@@H](CO)C(=O)N[C@@H](CCCCN)C(N)=O)[C@@H](C)O. The number of amides is 18. The van der Waals surface area contributed by atoms with Crippen LogP contribution in [0.4, 0.5) is 9.18 Å². The first-order valence-corrected chi connectivity index (χ1v) is 51.4. The number of aromatic amines is 1. The molecule has 0 radical (unpaired) electrons. The minimum Gasteiger partial charge on any atom is -0.508 e. The van der Waals surface area contributed by atoms with Crippen molar-refractivity contribution in [1.29, 1.82) is 0 Å². The lowest BCUT2D eigenvalue weighted by Gasteiger charge is -2.32. The van der Waals surface area contributed by atoms with Crippen molar-refractivity contribution in [2.24, 2.45) is 29.0 Å². The summed E-state index contributed by atoms with van der Waals surface area (Å²) in [6.45, 7) is 10.2. The summed E-state index contributed by atoms with van der Waals surface area (Å²) >= 11 is 1.84. The van der Waals surface area contributed by atoms with E-state index in [2.05, 4.69) is 95.0 Å². The number of ether oxygens (including phenoxy) is 4. The van der Waals surface area contributed by atoms with Gasteiger partial charge in [0, 0.05) is 68.7 Å². The van der Waals surface area contributed by atoms with E-state index >= 15 is 9.59 Å². The van der Waals surface area contributed by atoms with Crippen molar-refractivity contribution >= 4 is 118 Å². The van der Waals surface area contributed by atoms with Crippen LogP contribution in [0.1, 0.15) is 206 Å². The molecule has 18 atom stereocenters. The van der Waals surface area contributed by atoms with Gasteiger partial charge in [-0.25, -0.2) is 14.2 Å². The molecule has 3 aliphatic rings. The summed E-state index contributed by atoms with van der Waals surface area (Å²) in [5.74, 6) is -17.2. The molecule has 2 aliphatic heterocycles. The number of hydrogen-bond acceptors (Lipinski definition) is 29. The van der Waals surface area contributed by atoms with E-state index in [0.29, 0.717) is 81.9 Å². The average molecular weight is 2100 g/mol. The number of unbranched alkanes of at least 4 members (excludes halogenated alkanes) is 6. The number of nitrogens with zero attached hydrogens (tertiary/aromatic N) is 1. The molecule has 147 heavy (non-hydrogen) atoms. The number of imidazole rings is 1. The van der Waals surface area contributed by atoms with Crippen molar-refractivity contribution in [1.82, 2.24) is 95.0 Å². The Morgan fingerprint density at radius 1 is 0.490 bits per heavy atom. The third kappa shape index (κ3) is 46.7. The van der Waals surface area contributed by atoms with Crippen LogP contribution in [-0.2, 0) is 120 Å². The number of halogens is 1. The fourth-order valence-electron chi connectivity index (χ4n) is 16.2. The summed E-state index contributed by atoms with van der Waals surface area (Å²) in [6, 6.07) is -11.1. The molecule has 3 aromatic rings. The Kier molecular flexibility index (Phi) is 56.1. The van der Waals surface area contributed by atoms with Gasteiger partial charge in [-0.05, 0) is 139 Å². The van der Waals surface area contributed by atoms with Gasteiger partial charge in [-0.15, -0.1) is 0 Å². The van der Waals surface area contributed by atoms with Crippen LogP contribution >= 0.6 is 11.8 Å². The minimum absolute atomic E-state index is 0.0307. The molecule has 6 rings (SSSR count). The van der Waals surface area contributed by atoms with Gasteiger partial charge >= 0.3 is 12.0 Å². The molecular formula is C97H152FN21O27S. The number of aliphatic hydroxyl groups excluding tert-OH is 3. The quantitative estimate of drug-likeness (QED) is 0.0198.